The largest absolute Gasteiger partial charge is 0.439 e. The van der Waals surface area contributed by atoms with Gasteiger partial charge in [0.15, 0.2) is 11.6 Å². The molecule has 2 aromatic heterocycles. The minimum absolute atomic E-state index is 0.110. The lowest BCUT2D eigenvalue weighted by molar-refractivity contribution is 0.0949. The predicted molar refractivity (Wildman–Crippen MR) is 90.8 cm³/mol. The molecule has 0 unspecified atom stereocenters. The summed E-state index contributed by atoms with van der Waals surface area (Å²) in [5, 5.41) is 2.77. The van der Waals surface area contributed by atoms with Crippen molar-refractivity contribution < 1.29 is 18.3 Å². The van der Waals surface area contributed by atoms with Crippen LogP contribution in [0.2, 0.25) is 0 Å². The Kier molecular flexibility index (Phi) is 5.17. The molecule has 132 valence electrons. The summed E-state index contributed by atoms with van der Waals surface area (Å²) in [4.78, 5) is 20.3. The Balaban J connectivity index is 1.74. The van der Waals surface area contributed by atoms with Gasteiger partial charge in [-0.1, -0.05) is 6.07 Å². The molecule has 0 aliphatic rings. The van der Waals surface area contributed by atoms with E-state index in [9.17, 15) is 13.6 Å². The van der Waals surface area contributed by atoms with Crippen molar-refractivity contribution >= 4 is 5.91 Å². The maximum absolute atomic E-state index is 13.3. The normalized spacial score (nSPS) is 10.4. The van der Waals surface area contributed by atoms with Crippen LogP contribution in [0.15, 0.2) is 55.0 Å². The third-order valence-corrected chi connectivity index (χ3v) is 3.68. The lowest BCUT2D eigenvalue weighted by atomic mass is 10.1. The number of aromatic nitrogens is 2. The van der Waals surface area contributed by atoms with Gasteiger partial charge in [0.1, 0.15) is 5.75 Å². The van der Waals surface area contributed by atoms with E-state index < -0.39 is 11.6 Å². The summed E-state index contributed by atoms with van der Waals surface area (Å²) in [6.45, 7) is 1.97. The van der Waals surface area contributed by atoms with Crippen molar-refractivity contribution in [3.05, 3.63) is 83.3 Å². The van der Waals surface area contributed by atoms with Crippen molar-refractivity contribution in [3.63, 3.8) is 0 Å². The molecule has 7 heteroatoms. The van der Waals surface area contributed by atoms with Crippen LogP contribution in [0.25, 0.3) is 0 Å². The van der Waals surface area contributed by atoms with Crippen molar-refractivity contribution in [3.8, 4) is 11.6 Å². The van der Waals surface area contributed by atoms with Gasteiger partial charge >= 0.3 is 0 Å². The van der Waals surface area contributed by atoms with Crippen molar-refractivity contribution in [2.24, 2.45) is 0 Å². The van der Waals surface area contributed by atoms with Crippen molar-refractivity contribution in [1.29, 1.82) is 0 Å². The summed E-state index contributed by atoms with van der Waals surface area (Å²) in [5.74, 6) is -1.95. The number of carbonyl (C=O) groups is 1. The zero-order valence-electron chi connectivity index (χ0n) is 13.9. The predicted octanol–water partition coefficient (Wildman–Crippen LogP) is 3.79. The molecule has 0 fully saturated rings. The van der Waals surface area contributed by atoms with E-state index in [4.69, 9.17) is 4.74 Å². The van der Waals surface area contributed by atoms with Crippen molar-refractivity contribution in [2.75, 3.05) is 0 Å². The van der Waals surface area contributed by atoms with E-state index >= 15 is 0 Å². The van der Waals surface area contributed by atoms with E-state index in [1.165, 1.54) is 18.5 Å². The van der Waals surface area contributed by atoms with Crippen LogP contribution in [0.3, 0.4) is 0 Å². The number of benzene rings is 1. The Hall–Kier alpha value is -3.35. The van der Waals surface area contributed by atoms with Crippen molar-refractivity contribution in [2.45, 2.75) is 13.5 Å². The lowest BCUT2D eigenvalue weighted by Gasteiger charge is -2.11. The second kappa shape index (κ2) is 7.69. The number of ether oxygens (including phenoxy) is 1. The van der Waals surface area contributed by atoms with Crippen LogP contribution < -0.4 is 10.1 Å². The highest BCUT2D eigenvalue weighted by molar-refractivity contribution is 5.95. The summed E-state index contributed by atoms with van der Waals surface area (Å²) >= 11 is 0. The van der Waals surface area contributed by atoms with E-state index in [0.29, 0.717) is 11.1 Å². The average molecular weight is 355 g/mol. The summed E-state index contributed by atoms with van der Waals surface area (Å²) in [6, 6.07) is 8.37. The molecule has 1 N–H and O–H groups in total. The standard InChI is InChI=1S/C19H15F2N3O2/c1-12-6-8-22-11-15(12)18(25)24-10-13-3-2-7-23-19(13)26-14-4-5-16(20)17(21)9-14/h2-9,11H,10H2,1H3,(H,24,25). The number of pyridine rings is 2. The molecule has 5 nitrogen and oxygen atoms in total. The van der Waals surface area contributed by atoms with Gasteiger partial charge in [0.2, 0.25) is 5.88 Å². The third-order valence-electron chi connectivity index (χ3n) is 3.68. The SMILES string of the molecule is Cc1ccncc1C(=O)NCc1cccnc1Oc1ccc(F)c(F)c1. The zero-order valence-corrected chi connectivity index (χ0v) is 13.9. The first-order valence-corrected chi connectivity index (χ1v) is 7.80. The van der Waals surface area contributed by atoms with Gasteiger partial charge in [-0.25, -0.2) is 13.8 Å². The Morgan fingerprint density at radius 2 is 2.00 bits per heavy atom. The molecule has 3 aromatic rings. The van der Waals surface area contributed by atoms with E-state index in [-0.39, 0.29) is 24.1 Å². The van der Waals surface area contributed by atoms with Gasteiger partial charge in [0.25, 0.3) is 5.91 Å². The first-order valence-electron chi connectivity index (χ1n) is 7.80. The van der Waals surface area contributed by atoms with Gasteiger partial charge in [0.05, 0.1) is 5.56 Å². The van der Waals surface area contributed by atoms with Gasteiger partial charge in [-0.2, -0.15) is 0 Å². The molecule has 0 bridgehead atoms. The van der Waals surface area contributed by atoms with Crippen LogP contribution in [-0.2, 0) is 6.54 Å². The second-order valence-electron chi connectivity index (χ2n) is 5.52. The Bertz CT molecular complexity index is 948. The summed E-state index contributed by atoms with van der Waals surface area (Å²) in [6.07, 6.45) is 4.61. The molecular formula is C19H15F2N3O2. The molecule has 0 aliphatic heterocycles. The average Bonchev–Trinajstić information content (AvgIpc) is 2.64. The van der Waals surface area contributed by atoms with Crippen LogP contribution >= 0.6 is 0 Å². The number of nitrogens with zero attached hydrogens (tertiary/aromatic N) is 2. The Morgan fingerprint density at radius 1 is 1.15 bits per heavy atom. The van der Waals surface area contributed by atoms with Crippen molar-refractivity contribution in [1.82, 2.24) is 15.3 Å². The molecule has 2 heterocycles. The molecule has 0 atom stereocenters. The fourth-order valence-electron chi connectivity index (χ4n) is 2.27. The first kappa shape index (κ1) is 17.5. The molecule has 0 saturated heterocycles. The Morgan fingerprint density at radius 3 is 2.77 bits per heavy atom. The first-order chi connectivity index (χ1) is 12.5. The number of rotatable bonds is 5. The summed E-state index contributed by atoms with van der Waals surface area (Å²) in [7, 11) is 0. The zero-order chi connectivity index (χ0) is 18.5. The molecular weight excluding hydrogens is 340 g/mol. The topological polar surface area (TPSA) is 64.1 Å². The number of hydrogen-bond acceptors (Lipinski definition) is 4. The monoisotopic (exact) mass is 355 g/mol. The molecule has 3 rings (SSSR count). The van der Waals surface area contributed by atoms with Crippen LogP contribution in [0.5, 0.6) is 11.6 Å². The number of halogens is 2. The number of carbonyl (C=O) groups excluding carboxylic acids is 1. The second-order valence-corrected chi connectivity index (χ2v) is 5.52. The fraction of sp³-hybridized carbons (Fsp3) is 0.105. The van der Waals surface area contributed by atoms with Crippen LogP contribution in [0, 0.1) is 18.6 Å². The van der Waals surface area contributed by atoms with Gasteiger partial charge in [-0.15, -0.1) is 0 Å². The van der Waals surface area contributed by atoms with E-state index in [1.807, 2.05) is 6.92 Å². The number of hydrogen-bond donors (Lipinski definition) is 1. The third kappa shape index (κ3) is 4.00. The van der Waals surface area contributed by atoms with Crippen LogP contribution in [-0.4, -0.2) is 15.9 Å². The van der Waals surface area contributed by atoms with Gasteiger partial charge in [-0.05, 0) is 36.8 Å². The molecule has 1 aromatic carbocycles. The summed E-state index contributed by atoms with van der Waals surface area (Å²) < 4.78 is 31.9. The van der Waals surface area contributed by atoms with Crippen LogP contribution in [0.4, 0.5) is 8.78 Å². The van der Waals surface area contributed by atoms with Gasteiger partial charge in [0, 0.05) is 36.8 Å². The minimum Gasteiger partial charge on any atom is -0.439 e. The molecule has 0 saturated carbocycles. The smallest absolute Gasteiger partial charge is 0.253 e. The quantitative estimate of drug-likeness (QED) is 0.756. The molecule has 26 heavy (non-hydrogen) atoms. The maximum Gasteiger partial charge on any atom is 0.253 e. The number of nitrogens with one attached hydrogen (secondary N) is 1. The highest BCUT2D eigenvalue weighted by Crippen LogP contribution is 2.24. The molecule has 0 radical (unpaired) electrons. The molecule has 1 amide bonds. The highest BCUT2D eigenvalue weighted by Gasteiger charge is 2.12. The summed E-state index contributed by atoms with van der Waals surface area (Å²) in [5.41, 5.74) is 1.87. The van der Waals surface area contributed by atoms with E-state index in [2.05, 4.69) is 15.3 Å². The maximum atomic E-state index is 13.3. The highest BCUT2D eigenvalue weighted by atomic mass is 19.2. The molecule has 0 spiro atoms. The number of aryl methyl sites for hydroxylation is 1. The lowest BCUT2D eigenvalue weighted by Crippen LogP contribution is -2.24. The molecule has 0 aliphatic carbocycles. The Labute approximate surface area is 148 Å². The van der Waals surface area contributed by atoms with E-state index in [1.54, 1.807) is 24.4 Å². The van der Waals surface area contributed by atoms with E-state index in [0.717, 1.165) is 17.7 Å². The fourth-order valence-corrected chi connectivity index (χ4v) is 2.27. The van der Waals surface area contributed by atoms with Gasteiger partial charge < -0.3 is 10.1 Å². The van der Waals surface area contributed by atoms with Gasteiger partial charge in [-0.3, -0.25) is 9.78 Å². The van der Waals surface area contributed by atoms with Crippen LogP contribution in [0.1, 0.15) is 21.5 Å². The minimum atomic E-state index is -1.01. The number of amides is 1.